The van der Waals surface area contributed by atoms with Crippen LogP contribution in [0.1, 0.15) is 44.3 Å². The van der Waals surface area contributed by atoms with E-state index in [1.807, 2.05) is 30.2 Å². The maximum absolute atomic E-state index is 12.8. The van der Waals surface area contributed by atoms with Crippen LogP contribution in [0.3, 0.4) is 0 Å². The Kier molecular flexibility index (Phi) is 7.11. The Bertz CT molecular complexity index is 1160. The number of benzene rings is 1. The number of rotatable bonds is 7. The molecule has 0 aliphatic carbocycles. The van der Waals surface area contributed by atoms with Gasteiger partial charge in [-0.3, -0.25) is 14.6 Å². The van der Waals surface area contributed by atoms with Gasteiger partial charge in [0.2, 0.25) is 5.91 Å². The topological polar surface area (TPSA) is 84.7 Å². The van der Waals surface area contributed by atoms with Crippen molar-refractivity contribution in [2.45, 2.75) is 39.5 Å². The maximum atomic E-state index is 12.8. The van der Waals surface area contributed by atoms with Crippen LogP contribution in [0.2, 0.25) is 5.02 Å². The van der Waals surface area contributed by atoms with Crippen molar-refractivity contribution >= 4 is 23.4 Å². The fourth-order valence-electron chi connectivity index (χ4n) is 4.03. The van der Waals surface area contributed by atoms with E-state index in [1.165, 1.54) is 0 Å². The average Bonchev–Trinajstić information content (AvgIpc) is 3.28. The first-order valence-corrected chi connectivity index (χ1v) is 11.2. The number of carbonyl (C=O) groups is 2. The standard InChI is InChI=1S/C25H26ClN3O4/c1-16-22(13-28-25(31)23-8-7-20(33-23)15-32-2)21-9-10-29(14-18(21)12-27-16)24(30)11-17-3-5-19(26)6-4-17/h3-8,12H,9-11,13-15H2,1-2H3,(H,28,31). The Morgan fingerprint density at radius 3 is 2.76 bits per heavy atom. The zero-order chi connectivity index (χ0) is 23.4. The molecular weight excluding hydrogens is 442 g/mol. The number of ether oxygens (including phenoxy) is 1. The maximum Gasteiger partial charge on any atom is 0.287 e. The van der Waals surface area contributed by atoms with Crippen LogP contribution in [-0.2, 0) is 42.1 Å². The molecule has 0 saturated heterocycles. The van der Waals surface area contributed by atoms with E-state index in [0.717, 1.165) is 34.4 Å². The number of amides is 2. The molecule has 4 rings (SSSR count). The molecule has 2 amide bonds. The predicted octanol–water partition coefficient (Wildman–Crippen LogP) is 3.84. The first-order chi connectivity index (χ1) is 15.9. The van der Waals surface area contributed by atoms with Crippen LogP contribution in [0.4, 0.5) is 0 Å². The van der Waals surface area contributed by atoms with Crippen LogP contribution < -0.4 is 5.32 Å². The Morgan fingerprint density at radius 2 is 2.00 bits per heavy atom. The number of methoxy groups -OCH3 is 1. The number of nitrogens with one attached hydrogen (secondary N) is 1. The van der Waals surface area contributed by atoms with Gasteiger partial charge in [-0.05, 0) is 59.9 Å². The summed E-state index contributed by atoms with van der Waals surface area (Å²) in [7, 11) is 1.57. The molecule has 7 nitrogen and oxygen atoms in total. The molecule has 0 atom stereocenters. The van der Waals surface area contributed by atoms with Crippen LogP contribution in [0.25, 0.3) is 0 Å². The van der Waals surface area contributed by atoms with Gasteiger partial charge < -0.3 is 19.4 Å². The predicted molar refractivity (Wildman–Crippen MR) is 124 cm³/mol. The summed E-state index contributed by atoms with van der Waals surface area (Å²) < 4.78 is 10.5. The zero-order valence-corrected chi connectivity index (χ0v) is 19.4. The number of fused-ring (bicyclic) bond motifs is 1. The highest BCUT2D eigenvalue weighted by atomic mass is 35.5. The number of hydrogen-bond donors (Lipinski definition) is 1. The van der Waals surface area contributed by atoms with Gasteiger partial charge in [0.05, 0.1) is 6.42 Å². The lowest BCUT2D eigenvalue weighted by atomic mass is 9.94. The summed E-state index contributed by atoms with van der Waals surface area (Å²) in [5.41, 5.74) is 4.97. The van der Waals surface area contributed by atoms with Crippen molar-refractivity contribution in [3.63, 3.8) is 0 Å². The van der Waals surface area contributed by atoms with Gasteiger partial charge in [0.15, 0.2) is 5.76 Å². The second kappa shape index (κ2) is 10.2. The first kappa shape index (κ1) is 23.0. The summed E-state index contributed by atoms with van der Waals surface area (Å²) >= 11 is 5.94. The molecule has 172 valence electrons. The van der Waals surface area contributed by atoms with Gasteiger partial charge in [-0.15, -0.1) is 0 Å². The van der Waals surface area contributed by atoms with Crippen molar-refractivity contribution in [1.29, 1.82) is 0 Å². The van der Waals surface area contributed by atoms with Crippen molar-refractivity contribution in [2.24, 2.45) is 0 Å². The van der Waals surface area contributed by atoms with E-state index >= 15 is 0 Å². The number of aromatic nitrogens is 1. The second-order valence-corrected chi connectivity index (χ2v) is 8.51. The average molecular weight is 468 g/mol. The lowest BCUT2D eigenvalue weighted by Gasteiger charge is -2.30. The highest BCUT2D eigenvalue weighted by Crippen LogP contribution is 2.25. The lowest BCUT2D eigenvalue weighted by molar-refractivity contribution is -0.131. The summed E-state index contributed by atoms with van der Waals surface area (Å²) in [4.78, 5) is 31.7. The number of carbonyl (C=O) groups excluding carboxylic acids is 2. The SMILES string of the molecule is COCc1ccc(C(=O)NCc2c(C)ncc3c2CCN(C(=O)Cc2ccc(Cl)cc2)C3)o1. The molecule has 0 bridgehead atoms. The molecule has 3 heterocycles. The molecule has 8 heteroatoms. The summed E-state index contributed by atoms with van der Waals surface area (Å²) in [5.74, 6) is 0.630. The number of furan rings is 1. The van der Waals surface area contributed by atoms with Gasteiger partial charge in [-0.1, -0.05) is 23.7 Å². The summed E-state index contributed by atoms with van der Waals surface area (Å²) in [6.07, 6.45) is 2.89. The van der Waals surface area contributed by atoms with E-state index in [0.29, 0.717) is 43.4 Å². The molecule has 3 aromatic rings. The largest absolute Gasteiger partial charge is 0.453 e. The molecule has 1 aliphatic rings. The van der Waals surface area contributed by atoms with E-state index in [9.17, 15) is 9.59 Å². The van der Waals surface area contributed by atoms with Crippen molar-refractivity contribution < 1.29 is 18.7 Å². The van der Waals surface area contributed by atoms with E-state index in [-0.39, 0.29) is 17.6 Å². The first-order valence-electron chi connectivity index (χ1n) is 10.8. The second-order valence-electron chi connectivity index (χ2n) is 8.08. The third-order valence-electron chi connectivity index (χ3n) is 5.81. The molecule has 0 saturated carbocycles. The van der Waals surface area contributed by atoms with Gasteiger partial charge >= 0.3 is 0 Å². The zero-order valence-electron chi connectivity index (χ0n) is 18.7. The summed E-state index contributed by atoms with van der Waals surface area (Å²) in [5, 5.41) is 3.58. The molecule has 2 aromatic heterocycles. The Balaban J connectivity index is 1.42. The van der Waals surface area contributed by atoms with Gasteiger partial charge in [-0.25, -0.2) is 0 Å². The Labute approximate surface area is 197 Å². The van der Waals surface area contributed by atoms with Crippen LogP contribution >= 0.6 is 11.6 Å². The van der Waals surface area contributed by atoms with Crippen LogP contribution in [-0.4, -0.2) is 35.4 Å². The monoisotopic (exact) mass is 467 g/mol. The fraction of sp³-hybridized carbons (Fsp3) is 0.320. The summed E-state index contributed by atoms with van der Waals surface area (Å²) in [6.45, 7) is 3.73. The number of hydrogen-bond acceptors (Lipinski definition) is 5. The van der Waals surface area contributed by atoms with Gasteiger partial charge in [-0.2, -0.15) is 0 Å². The van der Waals surface area contributed by atoms with E-state index in [2.05, 4.69) is 10.3 Å². The van der Waals surface area contributed by atoms with Crippen molar-refractivity contribution in [3.8, 4) is 0 Å². The highest BCUT2D eigenvalue weighted by Gasteiger charge is 2.24. The molecule has 33 heavy (non-hydrogen) atoms. The van der Waals surface area contributed by atoms with Crippen molar-refractivity contribution in [3.05, 3.63) is 87.1 Å². The Hall–Kier alpha value is -3.16. The van der Waals surface area contributed by atoms with Crippen LogP contribution in [0, 0.1) is 6.92 Å². The third kappa shape index (κ3) is 5.43. The molecule has 0 spiro atoms. The van der Waals surface area contributed by atoms with Crippen LogP contribution in [0.15, 0.2) is 47.0 Å². The minimum atomic E-state index is -0.287. The number of pyridine rings is 1. The number of halogens is 1. The van der Waals surface area contributed by atoms with E-state index in [4.69, 9.17) is 20.8 Å². The van der Waals surface area contributed by atoms with Gasteiger partial charge in [0.1, 0.15) is 12.4 Å². The molecule has 1 N–H and O–H groups in total. The Morgan fingerprint density at radius 1 is 1.21 bits per heavy atom. The van der Waals surface area contributed by atoms with Crippen molar-refractivity contribution in [2.75, 3.05) is 13.7 Å². The van der Waals surface area contributed by atoms with Gasteiger partial charge in [0.25, 0.3) is 5.91 Å². The number of aryl methyl sites for hydroxylation is 1. The third-order valence-corrected chi connectivity index (χ3v) is 6.07. The minimum absolute atomic E-state index is 0.0723. The quantitative estimate of drug-likeness (QED) is 0.570. The minimum Gasteiger partial charge on any atom is -0.453 e. The smallest absolute Gasteiger partial charge is 0.287 e. The molecule has 1 aliphatic heterocycles. The molecular formula is C25H26ClN3O4. The summed E-state index contributed by atoms with van der Waals surface area (Å²) in [6, 6.07) is 10.7. The van der Waals surface area contributed by atoms with Crippen LogP contribution in [0.5, 0.6) is 0 Å². The molecule has 0 unspecified atom stereocenters. The normalized spacial score (nSPS) is 13.0. The fourth-order valence-corrected chi connectivity index (χ4v) is 4.16. The molecule has 1 aromatic carbocycles. The number of nitrogens with zero attached hydrogens (tertiary/aromatic N) is 2. The van der Waals surface area contributed by atoms with Crippen molar-refractivity contribution in [1.82, 2.24) is 15.2 Å². The van der Waals surface area contributed by atoms with Gasteiger partial charge in [0, 0.05) is 43.7 Å². The van der Waals surface area contributed by atoms with E-state index in [1.54, 1.807) is 31.4 Å². The molecule has 0 radical (unpaired) electrons. The van der Waals surface area contributed by atoms with E-state index < -0.39 is 0 Å². The highest BCUT2D eigenvalue weighted by molar-refractivity contribution is 6.30. The molecule has 0 fully saturated rings. The lowest BCUT2D eigenvalue weighted by Crippen LogP contribution is -2.38.